The fourth-order valence-corrected chi connectivity index (χ4v) is 2.20. The third-order valence-electron chi connectivity index (χ3n) is 2.82. The van der Waals surface area contributed by atoms with Gasteiger partial charge in [-0.05, 0) is 59.2 Å². The first kappa shape index (κ1) is 15.0. The van der Waals surface area contributed by atoms with Crippen LogP contribution in [0.15, 0.2) is 46.9 Å². The van der Waals surface area contributed by atoms with Gasteiger partial charge in [0.2, 0.25) is 0 Å². The minimum absolute atomic E-state index is 0.252. The number of hydrogen-bond acceptors (Lipinski definition) is 2. The average Bonchev–Trinajstić information content (AvgIpc) is 2.44. The SMILES string of the molecule is CCCNCc1cc(F)ccc1Oc1ccccc1Br. The molecule has 0 radical (unpaired) electrons. The van der Waals surface area contributed by atoms with Crippen molar-refractivity contribution in [3.63, 3.8) is 0 Å². The van der Waals surface area contributed by atoms with E-state index in [-0.39, 0.29) is 5.82 Å². The summed E-state index contributed by atoms with van der Waals surface area (Å²) in [6.45, 7) is 3.58. The van der Waals surface area contributed by atoms with Crippen LogP contribution in [-0.4, -0.2) is 6.54 Å². The van der Waals surface area contributed by atoms with Gasteiger partial charge in [0.1, 0.15) is 17.3 Å². The van der Waals surface area contributed by atoms with Gasteiger partial charge in [-0.25, -0.2) is 4.39 Å². The largest absolute Gasteiger partial charge is 0.456 e. The highest BCUT2D eigenvalue weighted by Gasteiger charge is 2.08. The summed E-state index contributed by atoms with van der Waals surface area (Å²) in [7, 11) is 0. The van der Waals surface area contributed by atoms with Gasteiger partial charge in [0, 0.05) is 12.1 Å². The van der Waals surface area contributed by atoms with Crippen molar-refractivity contribution in [2.75, 3.05) is 6.54 Å². The van der Waals surface area contributed by atoms with Gasteiger partial charge in [0.15, 0.2) is 0 Å². The molecular formula is C16H17BrFNO. The van der Waals surface area contributed by atoms with Crippen molar-refractivity contribution < 1.29 is 9.13 Å². The van der Waals surface area contributed by atoms with Crippen molar-refractivity contribution in [1.29, 1.82) is 0 Å². The van der Waals surface area contributed by atoms with Crippen molar-refractivity contribution in [3.8, 4) is 11.5 Å². The highest BCUT2D eigenvalue weighted by molar-refractivity contribution is 9.10. The number of para-hydroxylation sites is 1. The summed E-state index contributed by atoms with van der Waals surface area (Å²) in [6.07, 6.45) is 1.04. The molecule has 0 heterocycles. The van der Waals surface area contributed by atoms with Crippen molar-refractivity contribution in [2.24, 2.45) is 0 Å². The molecule has 2 nitrogen and oxygen atoms in total. The molecule has 4 heteroatoms. The summed E-state index contributed by atoms with van der Waals surface area (Å²) in [5, 5.41) is 3.26. The van der Waals surface area contributed by atoms with Crippen LogP contribution in [0.2, 0.25) is 0 Å². The summed E-state index contributed by atoms with van der Waals surface area (Å²) < 4.78 is 20.1. The summed E-state index contributed by atoms with van der Waals surface area (Å²) in [6, 6.07) is 12.2. The minimum Gasteiger partial charge on any atom is -0.456 e. The molecule has 0 atom stereocenters. The topological polar surface area (TPSA) is 21.3 Å². The van der Waals surface area contributed by atoms with Crippen LogP contribution >= 0.6 is 15.9 Å². The Balaban J connectivity index is 2.20. The normalized spacial score (nSPS) is 10.6. The molecule has 0 saturated heterocycles. The molecule has 0 aliphatic heterocycles. The van der Waals surface area contributed by atoms with E-state index >= 15 is 0 Å². The van der Waals surface area contributed by atoms with Crippen molar-refractivity contribution >= 4 is 15.9 Å². The predicted octanol–water partition coefficient (Wildman–Crippen LogP) is 4.88. The van der Waals surface area contributed by atoms with Crippen LogP contribution in [0.4, 0.5) is 4.39 Å². The highest BCUT2D eigenvalue weighted by atomic mass is 79.9. The Hall–Kier alpha value is -1.39. The second-order valence-corrected chi connectivity index (χ2v) is 5.32. The molecule has 0 amide bonds. The Morgan fingerprint density at radius 3 is 2.70 bits per heavy atom. The zero-order chi connectivity index (χ0) is 14.4. The Kier molecular flexibility index (Phi) is 5.56. The minimum atomic E-state index is -0.252. The molecule has 1 N–H and O–H groups in total. The second kappa shape index (κ2) is 7.41. The molecule has 0 aliphatic carbocycles. The van der Waals surface area contributed by atoms with Crippen molar-refractivity contribution in [2.45, 2.75) is 19.9 Å². The van der Waals surface area contributed by atoms with E-state index in [0.29, 0.717) is 12.3 Å². The van der Waals surface area contributed by atoms with E-state index in [0.717, 1.165) is 28.8 Å². The van der Waals surface area contributed by atoms with Gasteiger partial charge in [0.25, 0.3) is 0 Å². The predicted molar refractivity (Wildman–Crippen MR) is 82.6 cm³/mol. The molecule has 2 aromatic carbocycles. The van der Waals surface area contributed by atoms with E-state index in [1.54, 1.807) is 6.07 Å². The zero-order valence-corrected chi connectivity index (χ0v) is 12.9. The highest BCUT2D eigenvalue weighted by Crippen LogP contribution is 2.31. The summed E-state index contributed by atoms with van der Waals surface area (Å²) in [4.78, 5) is 0. The maximum atomic E-state index is 13.4. The van der Waals surface area contributed by atoms with Crippen molar-refractivity contribution in [3.05, 3.63) is 58.3 Å². The monoisotopic (exact) mass is 337 g/mol. The summed E-state index contributed by atoms with van der Waals surface area (Å²) in [5.41, 5.74) is 0.814. The lowest BCUT2D eigenvalue weighted by Gasteiger charge is -2.13. The molecule has 0 unspecified atom stereocenters. The second-order valence-electron chi connectivity index (χ2n) is 4.46. The molecule has 0 aliphatic rings. The Bertz CT molecular complexity index is 574. The number of nitrogens with one attached hydrogen (secondary N) is 1. The van der Waals surface area contributed by atoms with Gasteiger partial charge in [-0.3, -0.25) is 0 Å². The molecule has 20 heavy (non-hydrogen) atoms. The number of benzene rings is 2. The summed E-state index contributed by atoms with van der Waals surface area (Å²) >= 11 is 3.44. The van der Waals surface area contributed by atoms with Crippen LogP contribution in [-0.2, 0) is 6.54 Å². The van der Waals surface area contributed by atoms with E-state index in [1.165, 1.54) is 12.1 Å². The number of rotatable bonds is 6. The molecular weight excluding hydrogens is 321 g/mol. The van der Waals surface area contributed by atoms with Gasteiger partial charge in [-0.2, -0.15) is 0 Å². The van der Waals surface area contributed by atoms with E-state index in [4.69, 9.17) is 4.74 Å². The Labute approximate surface area is 127 Å². The molecule has 0 fully saturated rings. The van der Waals surface area contributed by atoms with E-state index in [1.807, 2.05) is 24.3 Å². The molecule has 0 saturated carbocycles. The van der Waals surface area contributed by atoms with E-state index < -0.39 is 0 Å². The Morgan fingerprint density at radius 1 is 1.15 bits per heavy atom. The first-order valence-corrected chi connectivity index (χ1v) is 7.41. The molecule has 0 aromatic heterocycles. The number of hydrogen-bond donors (Lipinski definition) is 1. The van der Waals surface area contributed by atoms with Gasteiger partial charge < -0.3 is 10.1 Å². The van der Waals surface area contributed by atoms with Crippen LogP contribution in [0.1, 0.15) is 18.9 Å². The average molecular weight is 338 g/mol. The zero-order valence-electron chi connectivity index (χ0n) is 11.3. The fourth-order valence-electron chi connectivity index (χ4n) is 1.83. The van der Waals surface area contributed by atoms with Gasteiger partial charge >= 0.3 is 0 Å². The lowest BCUT2D eigenvalue weighted by molar-refractivity contribution is 0.467. The molecule has 0 spiro atoms. The quantitative estimate of drug-likeness (QED) is 0.758. The van der Waals surface area contributed by atoms with Crippen molar-refractivity contribution in [1.82, 2.24) is 5.32 Å². The van der Waals surface area contributed by atoms with Crippen LogP contribution < -0.4 is 10.1 Å². The number of halogens is 2. The van der Waals surface area contributed by atoms with Crippen LogP contribution in [0.5, 0.6) is 11.5 Å². The Morgan fingerprint density at radius 2 is 1.95 bits per heavy atom. The molecule has 0 bridgehead atoms. The van der Waals surface area contributed by atoms with Gasteiger partial charge in [-0.1, -0.05) is 19.1 Å². The van der Waals surface area contributed by atoms with Gasteiger partial charge in [0.05, 0.1) is 4.47 Å². The van der Waals surface area contributed by atoms with Crippen LogP contribution in [0.3, 0.4) is 0 Å². The lowest BCUT2D eigenvalue weighted by Crippen LogP contribution is -2.14. The van der Waals surface area contributed by atoms with Gasteiger partial charge in [-0.15, -0.1) is 0 Å². The first-order valence-electron chi connectivity index (χ1n) is 6.62. The fraction of sp³-hybridized carbons (Fsp3) is 0.250. The molecule has 2 rings (SSSR count). The molecule has 2 aromatic rings. The van der Waals surface area contributed by atoms with E-state index in [2.05, 4.69) is 28.2 Å². The first-order chi connectivity index (χ1) is 9.70. The number of ether oxygens (including phenoxy) is 1. The standard InChI is InChI=1S/C16H17BrFNO/c1-2-9-19-11-12-10-13(18)7-8-15(12)20-16-6-4-3-5-14(16)17/h3-8,10,19H,2,9,11H2,1H3. The third-order valence-corrected chi connectivity index (χ3v) is 3.48. The maximum absolute atomic E-state index is 13.4. The third kappa shape index (κ3) is 4.05. The maximum Gasteiger partial charge on any atom is 0.141 e. The summed E-state index contributed by atoms with van der Waals surface area (Å²) in [5.74, 6) is 1.13. The van der Waals surface area contributed by atoms with Crippen LogP contribution in [0, 0.1) is 5.82 Å². The van der Waals surface area contributed by atoms with Crippen LogP contribution in [0.25, 0.3) is 0 Å². The lowest BCUT2D eigenvalue weighted by atomic mass is 10.2. The van der Waals surface area contributed by atoms with E-state index in [9.17, 15) is 4.39 Å². The molecule has 106 valence electrons. The smallest absolute Gasteiger partial charge is 0.141 e.